The first kappa shape index (κ1) is 23.2. The van der Waals surface area contributed by atoms with Crippen LogP contribution in [-0.4, -0.2) is 26.8 Å². The van der Waals surface area contributed by atoms with Crippen molar-refractivity contribution in [3.05, 3.63) is 58.7 Å². The van der Waals surface area contributed by atoms with E-state index in [1.807, 2.05) is 32.0 Å². The summed E-state index contributed by atoms with van der Waals surface area (Å²) >= 11 is 1.58. The molecule has 2 aromatic carbocycles. The molecule has 1 amide bonds. The van der Waals surface area contributed by atoms with Gasteiger partial charge in [0.2, 0.25) is 23.2 Å². The molecule has 3 aromatic rings. The van der Waals surface area contributed by atoms with E-state index in [0.717, 1.165) is 53.0 Å². The molecule has 0 bridgehead atoms. The van der Waals surface area contributed by atoms with Crippen LogP contribution in [-0.2, 0) is 11.2 Å². The second-order valence-electron chi connectivity index (χ2n) is 8.38. The van der Waals surface area contributed by atoms with Gasteiger partial charge in [-0.05, 0) is 43.9 Å². The first-order chi connectivity index (χ1) is 15.9. The highest BCUT2D eigenvalue weighted by atomic mass is 32.2. The third-order valence-electron chi connectivity index (χ3n) is 5.78. The summed E-state index contributed by atoms with van der Waals surface area (Å²) in [5.74, 6) is 1.22. The highest BCUT2D eigenvalue weighted by Crippen LogP contribution is 2.45. The predicted octanol–water partition coefficient (Wildman–Crippen LogP) is 6.05. The van der Waals surface area contributed by atoms with Gasteiger partial charge in [0.05, 0.1) is 5.69 Å². The summed E-state index contributed by atoms with van der Waals surface area (Å²) in [7, 11) is 0. The molecule has 0 N–H and O–H groups in total. The number of aryl methyl sites for hydroxylation is 3. The number of aromatic nitrogens is 3. The number of anilines is 1. The summed E-state index contributed by atoms with van der Waals surface area (Å²) in [6.45, 7) is 9.90. The molecule has 0 aliphatic carbocycles. The molecule has 0 fully saturated rings. The van der Waals surface area contributed by atoms with Gasteiger partial charge >= 0.3 is 0 Å². The van der Waals surface area contributed by atoms with Gasteiger partial charge in [-0.2, -0.15) is 4.98 Å². The van der Waals surface area contributed by atoms with Gasteiger partial charge < -0.3 is 4.74 Å². The monoisotopic (exact) mass is 462 g/mol. The maximum atomic E-state index is 13.0. The highest BCUT2D eigenvalue weighted by molar-refractivity contribution is 7.99. The van der Waals surface area contributed by atoms with E-state index in [1.54, 1.807) is 23.6 Å². The third kappa shape index (κ3) is 4.74. The standard InChI is InChI=1S/C26H30N4O2S/c1-6-8-13-33-26-27-24-22(28-29-26)21-15-16(3)14-17(4)23(21)30(18(5)31)25(32-24)20-11-9-19(7-2)10-12-20/h9-12,14-15,25H,6-8,13H2,1-5H3. The lowest BCUT2D eigenvalue weighted by atomic mass is 10.00. The van der Waals surface area contributed by atoms with E-state index in [-0.39, 0.29) is 5.91 Å². The van der Waals surface area contributed by atoms with Gasteiger partial charge in [-0.3, -0.25) is 9.69 Å². The van der Waals surface area contributed by atoms with E-state index in [4.69, 9.17) is 9.72 Å². The number of carbonyl (C=O) groups is 1. The van der Waals surface area contributed by atoms with Gasteiger partial charge in [0.15, 0.2) is 5.69 Å². The number of amides is 1. The molecule has 2 heterocycles. The number of hydrogen-bond acceptors (Lipinski definition) is 6. The number of carbonyl (C=O) groups excluding carboxylic acids is 1. The van der Waals surface area contributed by atoms with E-state index < -0.39 is 6.23 Å². The maximum absolute atomic E-state index is 13.0. The largest absolute Gasteiger partial charge is 0.447 e. The molecule has 6 nitrogen and oxygen atoms in total. The number of rotatable bonds is 6. The molecule has 7 heteroatoms. The fraction of sp³-hybridized carbons (Fsp3) is 0.385. The molecule has 1 aromatic heterocycles. The van der Waals surface area contributed by atoms with Gasteiger partial charge in [-0.25, -0.2) is 0 Å². The highest BCUT2D eigenvalue weighted by Gasteiger charge is 2.35. The van der Waals surface area contributed by atoms with Crippen LogP contribution in [0.15, 0.2) is 41.6 Å². The Morgan fingerprint density at radius 3 is 2.55 bits per heavy atom. The maximum Gasteiger partial charge on any atom is 0.247 e. The Morgan fingerprint density at radius 1 is 1.12 bits per heavy atom. The number of ether oxygens (including phenoxy) is 1. The Morgan fingerprint density at radius 2 is 1.88 bits per heavy atom. The van der Waals surface area contributed by atoms with E-state index in [1.165, 1.54) is 5.56 Å². The summed E-state index contributed by atoms with van der Waals surface area (Å²) in [5.41, 5.74) is 6.35. The molecule has 1 atom stereocenters. The Labute approximate surface area is 199 Å². The molecule has 0 radical (unpaired) electrons. The van der Waals surface area contributed by atoms with Crippen LogP contribution in [0.5, 0.6) is 5.88 Å². The molecule has 172 valence electrons. The number of thioether (sulfide) groups is 1. The lowest BCUT2D eigenvalue weighted by molar-refractivity contribution is -0.118. The van der Waals surface area contributed by atoms with Gasteiger partial charge in [0, 0.05) is 23.8 Å². The van der Waals surface area contributed by atoms with Crippen LogP contribution in [0.3, 0.4) is 0 Å². The topological polar surface area (TPSA) is 68.2 Å². The molecule has 0 spiro atoms. The zero-order valence-corrected chi connectivity index (χ0v) is 20.7. The third-order valence-corrected chi connectivity index (χ3v) is 6.70. The summed E-state index contributed by atoms with van der Waals surface area (Å²) in [6.07, 6.45) is 2.48. The van der Waals surface area contributed by atoms with Crippen molar-refractivity contribution in [1.29, 1.82) is 0 Å². The van der Waals surface area contributed by atoms with Crippen molar-refractivity contribution in [3.63, 3.8) is 0 Å². The van der Waals surface area contributed by atoms with E-state index >= 15 is 0 Å². The Balaban J connectivity index is 1.90. The smallest absolute Gasteiger partial charge is 0.247 e. The van der Waals surface area contributed by atoms with E-state index in [0.29, 0.717) is 16.7 Å². The number of unbranched alkanes of at least 4 members (excludes halogenated alkanes) is 1. The van der Waals surface area contributed by atoms with Crippen LogP contribution in [0.2, 0.25) is 0 Å². The molecular formula is C26H30N4O2S. The molecule has 1 unspecified atom stereocenters. The number of fused-ring (bicyclic) bond motifs is 3. The molecule has 0 saturated carbocycles. The van der Waals surface area contributed by atoms with Gasteiger partial charge in [-0.1, -0.05) is 67.9 Å². The first-order valence-electron chi connectivity index (χ1n) is 11.5. The molecule has 0 saturated heterocycles. The minimum atomic E-state index is -0.653. The van der Waals surface area contributed by atoms with E-state index in [9.17, 15) is 4.79 Å². The average molecular weight is 463 g/mol. The number of benzene rings is 2. The molecule has 33 heavy (non-hydrogen) atoms. The lowest BCUT2D eigenvalue weighted by Gasteiger charge is -2.31. The SMILES string of the molecule is CCCCSc1nnc2c(n1)OC(c1ccc(CC)cc1)N(C(C)=O)c1c(C)cc(C)cc1-2. The normalized spacial score (nSPS) is 14.8. The van der Waals surface area contributed by atoms with Gasteiger partial charge in [-0.15, -0.1) is 10.2 Å². The fourth-order valence-electron chi connectivity index (χ4n) is 4.11. The number of nitrogens with zero attached hydrogens (tertiary/aromatic N) is 4. The van der Waals surface area contributed by atoms with E-state index in [2.05, 4.69) is 42.2 Å². The van der Waals surface area contributed by atoms with Crippen molar-refractivity contribution < 1.29 is 9.53 Å². The average Bonchev–Trinajstić information content (AvgIpc) is 2.94. The van der Waals surface area contributed by atoms with Crippen molar-refractivity contribution in [2.24, 2.45) is 0 Å². The minimum Gasteiger partial charge on any atom is -0.447 e. The van der Waals surface area contributed by atoms with Gasteiger partial charge in [0.1, 0.15) is 0 Å². The van der Waals surface area contributed by atoms with Crippen LogP contribution < -0.4 is 9.64 Å². The second kappa shape index (κ2) is 9.91. The van der Waals surface area contributed by atoms with Crippen molar-refractivity contribution in [3.8, 4) is 17.1 Å². The fourth-order valence-corrected chi connectivity index (χ4v) is 4.97. The second-order valence-corrected chi connectivity index (χ2v) is 9.44. The van der Waals surface area contributed by atoms with Crippen LogP contribution in [0.1, 0.15) is 62.1 Å². The zero-order valence-electron chi connectivity index (χ0n) is 19.9. The van der Waals surface area contributed by atoms with Crippen molar-refractivity contribution in [1.82, 2.24) is 15.2 Å². The van der Waals surface area contributed by atoms with Crippen molar-refractivity contribution in [2.45, 2.75) is 65.3 Å². The predicted molar refractivity (Wildman–Crippen MR) is 133 cm³/mol. The van der Waals surface area contributed by atoms with Crippen LogP contribution in [0, 0.1) is 13.8 Å². The Kier molecular flexibility index (Phi) is 6.98. The van der Waals surface area contributed by atoms with Crippen molar-refractivity contribution >= 4 is 23.4 Å². The van der Waals surface area contributed by atoms with Crippen LogP contribution >= 0.6 is 11.8 Å². The molecule has 4 rings (SSSR count). The van der Waals surface area contributed by atoms with Crippen LogP contribution in [0.25, 0.3) is 11.3 Å². The molecular weight excluding hydrogens is 432 g/mol. The molecule has 1 aliphatic rings. The molecule has 1 aliphatic heterocycles. The summed E-state index contributed by atoms with van der Waals surface area (Å²) in [4.78, 5) is 19.5. The Bertz CT molecular complexity index is 1160. The summed E-state index contributed by atoms with van der Waals surface area (Å²) in [6, 6.07) is 12.3. The van der Waals surface area contributed by atoms with Crippen LogP contribution in [0.4, 0.5) is 5.69 Å². The first-order valence-corrected chi connectivity index (χ1v) is 12.5. The summed E-state index contributed by atoms with van der Waals surface area (Å²) < 4.78 is 6.49. The van der Waals surface area contributed by atoms with Gasteiger partial charge in [0.25, 0.3) is 0 Å². The Hall–Kier alpha value is -2.93. The summed E-state index contributed by atoms with van der Waals surface area (Å²) in [5, 5.41) is 9.49. The minimum absolute atomic E-state index is 0.105. The quantitative estimate of drug-likeness (QED) is 0.328. The zero-order chi connectivity index (χ0) is 23.5. The number of hydrogen-bond donors (Lipinski definition) is 0. The lowest BCUT2D eigenvalue weighted by Crippen LogP contribution is -2.36. The van der Waals surface area contributed by atoms with Crippen molar-refractivity contribution in [2.75, 3.05) is 10.7 Å².